The zero-order valence-corrected chi connectivity index (χ0v) is 15.8. The van der Waals surface area contributed by atoms with Crippen molar-refractivity contribution < 1.29 is 27.9 Å². The first-order valence-electron chi connectivity index (χ1n) is 8.82. The number of nitrogens with one attached hydrogen (secondary N) is 1. The van der Waals surface area contributed by atoms with Gasteiger partial charge in [0, 0.05) is 23.7 Å². The molecule has 29 heavy (non-hydrogen) atoms. The standard InChI is InChI=1S/C22H18FNO5/c1-13(21(26)16-5-9-18(10-6-16)24-14(2)25)28-22(27)20-12-11-19(29-20)15-3-7-17(23)8-4-15/h3-13H,1-2H3,(H,24,25). The Morgan fingerprint density at radius 3 is 2.24 bits per heavy atom. The van der Waals surface area contributed by atoms with Gasteiger partial charge in [0.2, 0.25) is 17.5 Å². The quantitative estimate of drug-likeness (QED) is 0.492. The summed E-state index contributed by atoms with van der Waals surface area (Å²) in [4.78, 5) is 35.8. The largest absolute Gasteiger partial charge is 0.449 e. The monoisotopic (exact) mass is 395 g/mol. The average molecular weight is 395 g/mol. The number of ether oxygens (including phenoxy) is 1. The van der Waals surface area contributed by atoms with E-state index < -0.39 is 17.9 Å². The Hall–Kier alpha value is -3.74. The van der Waals surface area contributed by atoms with Crippen molar-refractivity contribution in [3.63, 3.8) is 0 Å². The summed E-state index contributed by atoms with van der Waals surface area (Å²) in [5, 5.41) is 2.60. The second-order valence-corrected chi connectivity index (χ2v) is 6.34. The molecule has 1 unspecified atom stereocenters. The Balaban J connectivity index is 1.65. The Morgan fingerprint density at radius 1 is 0.966 bits per heavy atom. The second kappa shape index (κ2) is 8.52. The lowest BCUT2D eigenvalue weighted by Gasteiger charge is -2.12. The van der Waals surface area contributed by atoms with Crippen molar-refractivity contribution in [2.75, 3.05) is 5.32 Å². The van der Waals surface area contributed by atoms with Gasteiger partial charge < -0.3 is 14.5 Å². The van der Waals surface area contributed by atoms with Gasteiger partial charge in [0.05, 0.1) is 0 Å². The molecule has 0 saturated heterocycles. The maximum Gasteiger partial charge on any atom is 0.374 e. The van der Waals surface area contributed by atoms with E-state index in [0.29, 0.717) is 22.6 Å². The van der Waals surface area contributed by atoms with E-state index in [1.54, 1.807) is 18.2 Å². The number of hydrogen-bond acceptors (Lipinski definition) is 5. The number of hydrogen-bond donors (Lipinski definition) is 1. The number of carbonyl (C=O) groups excluding carboxylic acids is 3. The minimum absolute atomic E-state index is 0.0648. The highest BCUT2D eigenvalue weighted by Crippen LogP contribution is 2.23. The molecule has 0 aliphatic rings. The van der Waals surface area contributed by atoms with E-state index in [-0.39, 0.29) is 17.5 Å². The molecule has 2 aromatic carbocycles. The highest BCUT2D eigenvalue weighted by Gasteiger charge is 2.22. The predicted molar refractivity (Wildman–Crippen MR) is 104 cm³/mol. The molecule has 1 atom stereocenters. The highest BCUT2D eigenvalue weighted by atomic mass is 19.1. The van der Waals surface area contributed by atoms with Crippen LogP contribution in [0.3, 0.4) is 0 Å². The maximum atomic E-state index is 13.0. The van der Waals surface area contributed by atoms with Gasteiger partial charge in [-0.05, 0) is 67.6 Å². The van der Waals surface area contributed by atoms with Crippen molar-refractivity contribution in [3.8, 4) is 11.3 Å². The third kappa shape index (κ3) is 4.95. The molecule has 0 aliphatic heterocycles. The van der Waals surface area contributed by atoms with Crippen LogP contribution in [0.2, 0.25) is 0 Å². The Kier molecular flexibility index (Phi) is 5.87. The number of halogens is 1. The predicted octanol–water partition coefficient (Wildman–Crippen LogP) is 4.47. The van der Waals surface area contributed by atoms with Gasteiger partial charge >= 0.3 is 5.97 Å². The first-order chi connectivity index (χ1) is 13.8. The van der Waals surface area contributed by atoms with Crippen LogP contribution in [-0.4, -0.2) is 23.8 Å². The van der Waals surface area contributed by atoms with Gasteiger partial charge in [-0.25, -0.2) is 9.18 Å². The number of rotatable bonds is 6. The molecular weight excluding hydrogens is 377 g/mol. The molecule has 1 N–H and O–H groups in total. The number of esters is 1. The van der Waals surface area contributed by atoms with Crippen molar-refractivity contribution in [2.45, 2.75) is 20.0 Å². The van der Waals surface area contributed by atoms with Crippen molar-refractivity contribution in [3.05, 3.63) is 77.8 Å². The molecule has 0 spiro atoms. The van der Waals surface area contributed by atoms with Crippen LogP contribution in [0.5, 0.6) is 0 Å². The number of anilines is 1. The molecule has 1 aromatic heterocycles. The zero-order chi connectivity index (χ0) is 21.0. The molecule has 1 amide bonds. The van der Waals surface area contributed by atoms with E-state index in [0.717, 1.165) is 0 Å². The molecule has 6 nitrogen and oxygen atoms in total. The second-order valence-electron chi connectivity index (χ2n) is 6.34. The summed E-state index contributed by atoms with van der Waals surface area (Å²) >= 11 is 0. The van der Waals surface area contributed by atoms with E-state index >= 15 is 0 Å². The number of benzene rings is 2. The van der Waals surface area contributed by atoms with Crippen LogP contribution in [0.4, 0.5) is 10.1 Å². The number of amides is 1. The molecule has 0 aliphatic carbocycles. The van der Waals surface area contributed by atoms with Crippen LogP contribution < -0.4 is 5.32 Å². The smallest absolute Gasteiger partial charge is 0.374 e. The van der Waals surface area contributed by atoms with Crippen LogP contribution in [-0.2, 0) is 9.53 Å². The Bertz CT molecular complexity index is 1040. The summed E-state index contributed by atoms with van der Waals surface area (Å²) in [6, 6.07) is 14.9. The van der Waals surface area contributed by atoms with Crippen LogP contribution >= 0.6 is 0 Å². The third-order valence-electron chi connectivity index (χ3n) is 4.08. The number of ketones is 1. The SMILES string of the molecule is CC(=O)Nc1ccc(C(=O)C(C)OC(=O)c2ccc(-c3ccc(F)cc3)o2)cc1. The molecule has 3 aromatic rings. The van der Waals surface area contributed by atoms with E-state index in [9.17, 15) is 18.8 Å². The molecule has 148 valence electrons. The molecule has 1 heterocycles. The molecule has 0 saturated carbocycles. The van der Waals surface area contributed by atoms with Gasteiger partial charge in [0.15, 0.2) is 6.10 Å². The fourth-order valence-corrected chi connectivity index (χ4v) is 2.64. The number of Topliss-reactive ketones (excluding diaryl/α,β-unsaturated/α-hetero) is 1. The van der Waals surface area contributed by atoms with Gasteiger partial charge in [-0.15, -0.1) is 0 Å². The fraction of sp³-hybridized carbons (Fsp3) is 0.136. The summed E-state index contributed by atoms with van der Waals surface area (Å²) in [5.74, 6) is -1.45. The van der Waals surface area contributed by atoms with Crippen LogP contribution in [0.25, 0.3) is 11.3 Å². The van der Waals surface area contributed by atoms with Gasteiger partial charge in [0.1, 0.15) is 11.6 Å². The average Bonchev–Trinajstić information content (AvgIpc) is 3.18. The molecule has 0 radical (unpaired) electrons. The first kappa shape index (κ1) is 20.0. The molecule has 7 heteroatoms. The normalized spacial score (nSPS) is 11.6. The molecular formula is C22H18FNO5. The summed E-state index contributed by atoms with van der Waals surface area (Å²) in [5.41, 5.74) is 1.50. The zero-order valence-electron chi connectivity index (χ0n) is 15.8. The third-order valence-corrected chi connectivity index (χ3v) is 4.08. The molecule has 0 bridgehead atoms. The van der Waals surface area contributed by atoms with Crippen LogP contribution in [0, 0.1) is 5.82 Å². The Labute approximate surface area is 166 Å². The Morgan fingerprint density at radius 2 is 1.62 bits per heavy atom. The topological polar surface area (TPSA) is 85.6 Å². The first-order valence-corrected chi connectivity index (χ1v) is 8.82. The molecule has 0 fully saturated rings. The fourth-order valence-electron chi connectivity index (χ4n) is 2.64. The lowest BCUT2D eigenvalue weighted by molar-refractivity contribution is -0.114. The summed E-state index contributed by atoms with van der Waals surface area (Å²) in [6.07, 6.45) is -1.03. The van der Waals surface area contributed by atoms with E-state index in [1.165, 1.54) is 56.3 Å². The summed E-state index contributed by atoms with van der Waals surface area (Å²) in [7, 11) is 0. The van der Waals surface area contributed by atoms with Crippen molar-refractivity contribution in [2.24, 2.45) is 0 Å². The maximum absolute atomic E-state index is 13.0. The summed E-state index contributed by atoms with van der Waals surface area (Å²) in [6.45, 7) is 2.85. The molecule has 3 rings (SSSR count). The van der Waals surface area contributed by atoms with E-state index in [1.807, 2.05) is 0 Å². The van der Waals surface area contributed by atoms with Crippen molar-refractivity contribution >= 4 is 23.3 Å². The lowest BCUT2D eigenvalue weighted by Crippen LogP contribution is -2.24. The van der Waals surface area contributed by atoms with Crippen LogP contribution in [0.15, 0.2) is 65.1 Å². The van der Waals surface area contributed by atoms with Gasteiger partial charge in [-0.1, -0.05) is 0 Å². The number of furan rings is 1. The highest BCUT2D eigenvalue weighted by molar-refractivity contribution is 6.01. The number of carbonyl (C=O) groups is 3. The minimum atomic E-state index is -1.03. The van der Waals surface area contributed by atoms with Gasteiger partial charge in [-0.3, -0.25) is 9.59 Å². The summed E-state index contributed by atoms with van der Waals surface area (Å²) < 4.78 is 23.7. The van der Waals surface area contributed by atoms with Crippen LogP contribution in [0.1, 0.15) is 34.8 Å². The van der Waals surface area contributed by atoms with Crippen molar-refractivity contribution in [1.82, 2.24) is 0 Å². The lowest BCUT2D eigenvalue weighted by atomic mass is 10.1. The van der Waals surface area contributed by atoms with Crippen molar-refractivity contribution in [1.29, 1.82) is 0 Å². The van der Waals surface area contributed by atoms with Gasteiger partial charge in [-0.2, -0.15) is 0 Å². The van der Waals surface area contributed by atoms with E-state index in [2.05, 4.69) is 5.32 Å². The van der Waals surface area contributed by atoms with E-state index in [4.69, 9.17) is 9.15 Å². The van der Waals surface area contributed by atoms with Gasteiger partial charge in [0.25, 0.3) is 0 Å². The minimum Gasteiger partial charge on any atom is -0.449 e.